The predicted molar refractivity (Wildman–Crippen MR) is 142 cm³/mol. The Balaban J connectivity index is 1.36. The van der Waals surface area contributed by atoms with Gasteiger partial charge in [-0.25, -0.2) is 4.90 Å². The number of hydrogen-bond donors (Lipinski definition) is 0. The molecular weight excluding hydrogens is 527 g/mol. The van der Waals surface area contributed by atoms with E-state index in [1.807, 2.05) is 41.4 Å². The lowest BCUT2D eigenvalue weighted by Gasteiger charge is -2.35. The summed E-state index contributed by atoms with van der Waals surface area (Å²) in [6.07, 6.45) is 3.72. The Kier molecular flexibility index (Phi) is 5.29. The maximum Gasteiger partial charge on any atom is 0.240 e. The van der Waals surface area contributed by atoms with E-state index in [9.17, 15) is 14.4 Å². The maximum absolute atomic E-state index is 14.1. The van der Waals surface area contributed by atoms with Crippen LogP contribution in [0.15, 0.2) is 66.9 Å². The van der Waals surface area contributed by atoms with E-state index in [-0.39, 0.29) is 22.3 Å². The molecule has 0 aliphatic carbocycles. The highest BCUT2D eigenvalue weighted by molar-refractivity contribution is 6.37. The molecule has 0 N–H and O–H groups in total. The van der Waals surface area contributed by atoms with Crippen LogP contribution in [0.3, 0.4) is 0 Å². The van der Waals surface area contributed by atoms with Crippen molar-refractivity contribution in [1.82, 2.24) is 4.90 Å². The summed E-state index contributed by atoms with van der Waals surface area (Å²) in [6.45, 7) is 0.807. The number of carbonyl (C=O) groups excluding carboxylic acids is 3. The molecule has 4 aliphatic rings. The zero-order valence-electron chi connectivity index (χ0n) is 19.8. The lowest BCUT2D eigenvalue weighted by molar-refractivity contribution is -0.123. The van der Waals surface area contributed by atoms with Crippen molar-refractivity contribution < 1.29 is 23.9 Å². The Morgan fingerprint density at radius 2 is 1.63 bits per heavy atom. The molecule has 2 amide bonds. The number of anilines is 1. The number of rotatable bonds is 3. The minimum absolute atomic E-state index is 0.198. The van der Waals surface area contributed by atoms with Crippen molar-refractivity contribution in [2.75, 3.05) is 18.1 Å². The number of amides is 2. The number of imide groups is 1. The average Bonchev–Trinajstić information content (AvgIpc) is 3.40. The summed E-state index contributed by atoms with van der Waals surface area (Å²) in [7, 11) is 0. The van der Waals surface area contributed by atoms with Gasteiger partial charge in [0.15, 0.2) is 17.3 Å². The van der Waals surface area contributed by atoms with Gasteiger partial charge in [0.1, 0.15) is 19.3 Å². The van der Waals surface area contributed by atoms with Crippen molar-refractivity contribution in [2.24, 2.45) is 11.8 Å². The first-order chi connectivity index (χ1) is 18.4. The fraction of sp³-hybridized carbons (Fsp3) is 0.207. The quantitative estimate of drug-likeness (QED) is 0.333. The first-order valence-electron chi connectivity index (χ1n) is 12.3. The number of benzene rings is 3. The van der Waals surface area contributed by atoms with E-state index >= 15 is 0 Å². The van der Waals surface area contributed by atoms with Crippen LogP contribution in [0.25, 0.3) is 6.08 Å². The van der Waals surface area contributed by atoms with Crippen molar-refractivity contribution in [3.05, 3.63) is 93.6 Å². The number of ether oxygens (including phenoxy) is 2. The number of carbonyl (C=O) groups is 3. The molecule has 7 rings (SSSR count). The topological polar surface area (TPSA) is 76.1 Å². The molecule has 2 fully saturated rings. The van der Waals surface area contributed by atoms with Crippen LogP contribution in [-0.2, 0) is 9.59 Å². The number of ketones is 1. The van der Waals surface area contributed by atoms with Crippen molar-refractivity contribution in [1.29, 1.82) is 0 Å². The molecule has 0 aromatic heterocycles. The van der Waals surface area contributed by atoms with Gasteiger partial charge in [0.2, 0.25) is 11.8 Å². The molecule has 0 bridgehead atoms. The van der Waals surface area contributed by atoms with Gasteiger partial charge in [-0.3, -0.25) is 14.4 Å². The number of nitrogens with zero attached hydrogens (tertiary/aromatic N) is 2. The summed E-state index contributed by atoms with van der Waals surface area (Å²) >= 11 is 12.5. The second-order valence-corrected chi connectivity index (χ2v) is 10.5. The Labute approximate surface area is 228 Å². The number of hydrogen-bond acceptors (Lipinski definition) is 6. The largest absolute Gasteiger partial charge is 0.486 e. The van der Waals surface area contributed by atoms with E-state index < -0.39 is 29.8 Å². The first-order valence-corrected chi connectivity index (χ1v) is 13.0. The predicted octanol–water partition coefficient (Wildman–Crippen LogP) is 5.16. The van der Waals surface area contributed by atoms with Crippen LogP contribution in [0.4, 0.5) is 5.69 Å². The van der Waals surface area contributed by atoms with Crippen molar-refractivity contribution in [2.45, 2.75) is 12.1 Å². The van der Waals surface area contributed by atoms with Crippen LogP contribution >= 0.6 is 23.2 Å². The molecule has 9 heteroatoms. The van der Waals surface area contributed by atoms with E-state index in [0.717, 1.165) is 11.1 Å². The smallest absolute Gasteiger partial charge is 0.240 e. The Morgan fingerprint density at radius 1 is 0.868 bits per heavy atom. The van der Waals surface area contributed by atoms with Crippen LogP contribution in [0, 0.1) is 11.8 Å². The highest BCUT2D eigenvalue weighted by Crippen LogP contribution is 2.54. The van der Waals surface area contributed by atoms with Gasteiger partial charge in [0, 0.05) is 22.9 Å². The number of halogens is 2. The molecule has 190 valence electrons. The molecule has 7 nitrogen and oxygen atoms in total. The van der Waals surface area contributed by atoms with E-state index in [1.54, 1.807) is 30.3 Å². The lowest BCUT2D eigenvalue weighted by atomic mass is 9.83. The SMILES string of the molecule is O=C(c1ccc(Cl)cc1Cl)[C@@H]1[C@@H]2C(=O)N(c3ccc4c(c3)OCCO4)C(=O)[C@@H]2[C@@H]2c3ccccc3C=CN12. The van der Waals surface area contributed by atoms with Crippen LogP contribution in [0.1, 0.15) is 27.5 Å². The van der Waals surface area contributed by atoms with Gasteiger partial charge < -0.3 is 14.4 Å². The first kappa shape index (κ1) is 23.3. The summed E-state index contributed by atoms with van der Waals surface area (Å²) in [5.41, 5.74) is 2.49. The summed E-state index contributed by atoms with van der Waals surface area (Å²) in [5, 5.41) is 0.599. The molecule has 0 radical (unpaired) electrons. The third kappa shape index (κ3) is 3.32. The highest BCUT2D eigenvalue weighted by Gasteiger charge is 2.64. The summed E-state index contributed by atoms with van der Waals surface area (Å²) in [6, 6.07) is 16.0. The molecule has 3 aromatic carbocycles. The fourth-order valence-corrected chi connectivity index (χ4v) is 6.63. The van der Waals surface area contributed by atoms with Crippen molar-refractivity contribution in [3.63, 3.8) is 0 Å². The second-order valence-electron chi connectivity index (χ2n) is 9.66. The molecule has 4 aliphatic heterocycles. The average molecular weight is 547 g/mol. The van der Waals surface area contributed by atoms with Gasteiger partial charge in [0.05, 0.1) is 28.6 Å². The summed E-state index contributed by atoms with van der Waals surface area (Å²) < 4.78 is 11.3. The summed E-state index contributed by atoms with van der Waals surface area (Å²) in [4.78, 5) is 45.2. The Hall–Kier alpha value is -3.81. The van der Waals surface area contributed by atoms with Crippen molar-refractivity contribution in [3.8, 4) is 11.5 Å². The van der Waals surface area contributed by atoms with Crippen LogP contribution in [0.5, 0.6) is 11.5 Å². The number of Topliss-reactive ketones (excluding diaryl/α,β-unsaturated/α-hetero) is 1. The van der Waals surface area contributed by atoms with Crippen LogP contribution in [-0.4, -0.2) is 41.8 Å². The zero-order valence-corrected chi connectivity index (χ0v) is 21.4. The Bertz CT molecular complexity index is 1570. The molecular formula is C29H20Cl2N2O5. The second kappa shape index (κ2) is 8.61. The van der Waals surface area contributed by atoms with Crippen LogP contribution < -0.4 is 14.4 Å². The number of fused-ring (bicyclic) bond motifs is 6. The Morgan fingerprint density at radius 3 is 2.45 bits per heavy atom. The molecule has 4 heterocycles. The molecule has 0 saturated carbocycles. The van der Waals surface area contributed by atoms with Gasteiger partial charge in [-0.2, -0.15) is 0 Å². The van der Waals surface area contributed by atoms with E-state index in [4.69, 9.17) is 32.7 Å². The molecule has 38 heavy (non-hydrogen) atoms. The minimum Gasteiger partial charge on any atom is -0.486 e. The molecule has 2 saturated heterocycles. The molecule has 0 unspecified atom stereocenters. The standard InChI is InChI=1S/C29H20Cl2N2O5/c30-16-5-7-19(20(31)13-16)27(34)26-24-23(25-18-4-2-1-3-15(18)9-10-32(25)26)28(35)33(29(24)36)17-6-8-21-22(14-17)38-12-11-37-21/h1-10,13-14,23-26H,11-12H2/t23-,24+,25-,26-/m0/s1. The molecule has 3 aromatic rings. The highest BCUT2D eigenvalue weighted by atomic mass is 35.5. The van der Waals surface area contributed by atoms with E-state index in [2.05, 4.69) is 0 Å². The van der Waals surface area contributed by atoms with Gasteiger partial charge in [0.25, 0.3) is 0 Å². The fourth-order valence-electron chi connectivity index (χ4n) is 6.13. The lowest BCUT2D eigenvalue weighted by Crippen LogP contribution is -2.44. The zero-order chi connectivity index (χ0) is 26.1. The van der Waals surface area contributed by atoms with Gasteiger partial charge in [-0.1, -0.05) is 47.5 Å². The molecule has 4 atom stereocenters. The molecule has 0 spiro atoms. The van der Waals surface area contributed by atoms with Gasteiger partial charge in [-0.05, 0) is 47.5 Å². The van der Waals surface area contributed by atoms with E-state index in [1.165, 1.54) is 11.0 Å². The van der Waals surface area contributed by atoms with Gasteiger partial charge in [-0.15, -0.1) is 0 Å². The maximum atomic E-state index is 14.1. The third-order valence-corrected chi connectivity index (χ3v) is 8.26. The monoisotopic (exact) mass is 546 g/mol. The van der Waals surface area contributed by atoms with Crippen LogP contribution in [0.2, 0.25) is 10.0 Å². The summed E-state index contributed by atoms with van der Waals surface area (Å²) in [5.74, 6) is -1.76. The normalized spacial score (nSPS) is 24.8. The third-order valence-electron chi connectivity index (χ3n) is 7.71. The van der Waals surface area contributed by atoms with Crippen molar-refractivity contribution >= 4 is 52.6 Å². The van der Waals surface area contributed by atoms with E-state index in [0.29, 0.717) is 35.4 Å². The van der Waals surface area contributed by atoms with Gasteiger partial charge >= 0.3 is 0 Å². The minimum atomic E-state index is -0.924.